The highest BCUT2D eigenvalue weighted by Crippen LogP contribution is 1.96. The van der Waals surface area contributed by atoms with E-state index in [2.05, 4.69) is 20.8 Å². The molecular formula is C9H22Si2. The standard InChI is InChI=1S/C9H22Si2/c1-4-7-8-9(10-5-2)11-6-3/h10H,4-8,11H2,1-3H3. The summed E-state index contributed by atoms with van der Waals surface area (Å²) in [5.74, 6) is 0. The fourth-order valence-electron chi connectivity index (χ4n) is 1.34. The van der Waals surface area contributed by atoms with E-state index in [1.54, 1.807) is 0 Å². The van der Waals surface area contributed by atoms with E-state index in [1.807, 2.05) is 4.79 Å². The average molecular weight is 186 g/mol. The van der Waals surface area contributed by atoms with Crippen LogP contribution in [0.1, 0.15) is 40.0 Å². The van der Waals surface area contributed by atoms with Crippen molar-refractivity contribution in [2.75, 3.05) is 0 Å². The van der Waals surface area contributed by atoms with E-state index in [0.29, 0.717) is 0 Å². The van der Waals surface area contributed by atoms with Gasteiger partial charge in [-0.2, -0.15) is 0 Å². The SMILES string of the molecule is CCCCC(=[SiH]CC)[SiH2]CC. The molecule has 0 nitrogen and oxygen atoms in total. The minimum absolute atomic E-state index is 0.258. The second-order valence-electron chi connectivity index (χ2n) is 3.12. The van der Waals surface area contributed by atoms with E-state index < -0.39 is 0 Å². The van der Waals surface area contributed by atoms with E-state index in [4.69, 9.17) is 0 Å². The molecule has 0 aromatic rings. The molecule has 0 unspecified atom stereocenters. The van der Waals surface area contributed by atoms with E-state index >= 15 is 0 Å². The summed E-state index contributed by atoms with van der Waals surface area (Å²) in [4.78, 5) is 2.02. The quantitative estimate of drug-likeness (QED) is 0.555. The van der Waals surface area contributed by atoms with Crippen LogP contribution in [0.3, 0.4) is 0 Å². The summed E-state index contributed by atoms with van der Waals surface area (Å²) in [7, 11) is 1.000. The Balaban J connectivity index is 3.60. The molecule has 66 valence electrons. The number of rotatable bonds is 6. The summed E-state index contributed by atoms with van der Waals surface area (Å²) in [6.45, 7) is 6.99. The Bertz CT molecular complexity index is 108. The zero-order valence-corrected chi connectivity index (χ0v) is 10.9. The molecule has 0 radical (unpaired) electrons. The second-order valence-corrected chi connectivity index (χ2v) is 8.39. The van der Waals surface area contributed by atoms with Gasteiger partial charge in [0.05, 0.1) is 0 Å². The van der Waals surface area contributed by atoms with E-state index in [9.17, 15) is 0 Å². The van der Waals surface area contributed by atoms with Crippen molar-refractivity contribution >= 4 is 23.4 Å². The molecule has 0 heterocycles. The van der Waals surface area contributed by atoms with Crippen molar-refractivity contribution in [3.8, 4) is 0 Å². The minimum atomic E-state index is 0.258. The van der Waals surface area contributed by atoms with Gasteiger partial charge in [0, 0.05) is 9.52 Å². The van der Waals surface area contributed by atoms with Crippen LogP contribution in [0.5, 0.6) is 0 Å². The smallest absolute Gasteiger partial charge is 0.0431 e. The van der Waals surface area contributed by atoms with Gasteiger partial charge in [0.15, 0.2) is 0 Å². The monoisotopic (exact) mass is 186 g/mol. The van der Waals surface area contributed by atoms with Crippen molar-refractivity contribution in [3.63, 3.8) is 0 Å². The lowest BCUT2D eigenvalue weighted by atomic mass is 10.3. The molecular weight excluding hydrogens is 164 g/mol. The molecule has 11 heavy (non-hydrogen) atoms. The highest BCUT2D eigenvalue weighted by Gasteiger charge is 1.94. The molecule has 0 saturated heterocycles. The third-order valence-electron chi connectivity index (χ3n) is 1.92. The number of hydrogen-bond donors (Lipinski definition) is 0. The highest BCUT2D eigenvalue weighted by molar-refractivity contribution is 6.91. The van der Waals surface area contributed by atoms with E-state index in [-0.39, 0.29) is 9.52 Å². The van der Waals surface area contributed by atoms with Crippen molar-refractivity contribution in [1.82, 2.24) is 0 Å². The van der Waals surface area contributed by atoms with Crippen LogP contribution in [0.25, 0.3) is 0 Å². The maximum Gasteiger partial charge on any atom is 0.0431 e. The van der Waals surface area contributed by atoms with Gasteiger partial charge in [-0.3, -0.25) is 0 Å². The molecule has 0 fully saturated rings. The molecule has 0 N–H and O–H groups in total. The Labute approximate surface area is 76.0 Å². The van der Waals surface area contributed by atoms with Gasteiger partial charge in [-0.05, 0) is 15.6 Å². The fourth-order valence-corrected chi connectivity index (χ4v) is 6.02. The fraction of sp³-hybridized carbons (Fsp3) is 0.889. The third-order valence-corrected chi connectivity index (χ3v) is 6.42. The highest BCUT2D eigenvalue weighted by atomic mass is 28.2. The molecule has 0 atom stereocenters. The molecule has 0 saturated carbocycles. The summed E-state index contributed by atoms with van der Waals surface area (Å²) in [5, 5.41) is 0. The van der Waals surface area contributed by atoms with Gasteiger partial charge in [0.2, 0.25) is 0 Å². The largest absolute Gasteiger partial charge is 0.108 e. The van der Waals surface area contributed by atoms with Crippen LogP contribution in [-0.4, -0.2) is 23.4 Å². The van der Waals surface area contributed by atoms with Gasteiger partial charge < -0.3 is 0 Å². The molecule has 2 heteroatoms. The molecule has 0 aromatic heterocycles. The predicted molar refractivity (Wildman–Crippen MR) is 61.2 cm³/mol. The van der Waals surface area contributed by atoms with Gasteiger partial charge in [0.1, 0.15) is 0 Å². The molecule has 0 aliphatic rings. The maximum absolute atomic E-state index is 2.35. The van der Waals surface area contributed by atoms with Crippen LogP contribution in [0, 0.1) is 0 Å². The topological polar surface area (TPSA) is 0 Å². The molecule has 0 aliphatic heterocycles. The van der Waals surface area contributed by atoms with Crippen molar-refractivity contribution < 1.29 is 0 Å². The maximum atomic E-state index is 2.35. The molecule has 0 bridgehead atoms. The Kier molecular flexibility index (Phi) is 8.63. The van der Waals surface area contributed by atoms with Crippen LogP contribution in [0.2, 0.25) is 12.1 Å². The van der Waals surface area contributed by atoms with Crippen molar-refractivity contribution in [2.45, 2.75) is 52.1 Å². The minimum Gasteiger partial charge on any atom is -0.108 e. The normalized spacial score (nSPS) is 13.2. The van der Waals surface area contributed by atoms with Crippen LogP contribution in [0.15, 0.2) is 0 Å². The Morgan fingerprint density at radius 2 is 2.00 bits per heavy atom. The molecule has 0 amide bonds. The zero-order valence-electron chi connectivity index (χ0n) is 8.32. The first kappa shape index (κ1) is 11.3. The number of unbranched alkanes of at least 4 members (excludes halogenated alkanes) is 1. The van der Waals surface area contributed by atoms with Gasteiger partial charge in [-0.15, -0.1) is 4.79 Å². The van der Waals surface area contributed by atoms with Crippen LogP contribution in [-0.2, 0) is 0 Å². The summed E-state index contributed by atoms with van der Waals surface area (Å²) in [5.41, 5.74) is 0. The lowest BCUT2D eigenvalue weighted by molar-refractivity contribution is 0.843. The van der Waals surface area contributed by atoms with Crippen molar-refractivity contribution in [2.24, 2.45) is 0 Å². The molecule has 0 rings (SSSR count). The average Bonchev–Trinajstić information content (AvgIpc) is 2.01. The first-order valence-corrected chi connectivity index (χ1v) is 8.13. The lowest BCUT2D eigenvalue weighted by Gasteiger charge is -2.03. The van der Waals surface area contributed by atoms with E-state index in [1.165, 1.54) is 31.4 Å². The van der Waals surface area contributed by atoms with Crippen LogP contribution >= 0.6 is 0 Å². The molecule has 0 aromatic carbocycles. The van der Waals surface area contributed by atoms with Crippen LogP contribution in [0.4, 0.5) is 0 Å². The Hall–Kier alpha value is 0.304. The van der Waals surface area contributed by atoms with Crippen molar-refractivity contribution in [1.29, 1.82) is 0 Å². The Morgan fingerprint density at radius 3 is 2.45 bits per heavy atom. The van der Waals surface area contributed by atoms with Gasteiger partial charge in [-0.1, -0.05) is 45.7 Å². The van der Waals surface area contributed by atoms with E-state index in [0.717, 1.165) is 9.13 Å². The van der Waals surface area contributed by atoms with Gasteiger partial charge in [0.25, 0.3) is 0 Å². The summed E-state index contributed by atoms with van der Waals surface area (Å²) < 4.78 is 0. The van der Waals surface area contributed by atoms with Crippen molar-refractivity contribution in [3.05, 3.63) is 0 Å². The van der Waals surface area contributed by atoms with Crippen LogP contribution < -0.4 is 0 Å². The molecule has 0 spiro atoms. The third kappa shape index (κ3) is 6.69. The summed E-state index contributed by atoms with van der Waals surface area (Å²) in [6.07, 6.45) is 4.32. The van der Waals surface area contributed by atoms with Gasteiger partial charge in [-0.25, -0.2) is 0 Å². The predicted octanol–water partition coefficient (Wildman–Crippen LogP) is 1.79. The lowest BCUT2D eigenvalue weighted by Crippen LogP contribution is -2.12. The first-order valence-electron chi connectivity index (χ1n) is 5.03. The zero-order chi connectivity index (χ0) is 8.53. The second kappa shape index (κ2) is 8.40. The van der Waals surface area contributed by atoms with Gasteiger partial charge >= 0.3 is 0 Å². The summed E-state index contributed by atoms with van der Waals surface area (Å²) >= 11 is 0. The summed E-state index contributed by atoms with van der Waals surface area (Å²) in [6, 6.07) is 2.94. The first-order chi connectivity index (χ1) is 5.35. The number of hydrogen-bond acceptors (Lipinski definition) is 0. The Morgan fingerprint density at radius 1 is 1.27 bits per heavy atom. The molecule has 0 aliphatic carbocycles.